The Morgan fingerprint density at radius 1 is 0.786 bits per heavy atom. The van der Waals surface area contributed by atoms with Gasteiger partial charge in [-0.05, 0) is 61.2 Å². The maximum absolute atomic E-state index is 12.2. The topological polar surface area (TPSA) is 58.2 Å². The number of fused-ring (bicyclic) bond motifs is 2. The lowest BCUT2D eigenvalue weighted by atomic mass is 9.95. The first kappa shape index (κ1) is 19.7. The summed E-state index contributed by atoms with van der Waals surface area (Å²) in [6.07, 6.45) is 3.58. The van der Waals surface area contributed by atoms with Crippen LogP contribution in [0.2, 0.25) is 0 Å². The van der Waals surface area contributed by atoms with Gasteiger partial charge in [0.15, 0.2) is 11.6 Å². The first-order valence-corrected chi connectivity index (χ1v) is 11.0. The van der Waals surface area contributed by atoms with Crippen molar-refractivity contribution in [2.75, 3.05) is 13.1 Å². The van der Waals surface area contributed by atoms with Crippen LogP contribution in [0.3, 0.4) is 0 Å². The highest BCUT2D eigenvalue weighted by Crippen LogP contribution is 2.68. The van der Waals surface area contributed by atoms with Crippen LogP contribution in [0.4, 0.5) is 0 Å². The lowest BCUT2D eigenvalue weighted by Crippen LogP contribution is -2.21. The molecule has 0 unspecified atom stereocenters. The van der Waals surface area contributed by atoms with Crippen molar-refractivity contribution >= 4 is 11.6 Å². The van der Waals surface area contributed by atoms with Crippen LogP contribution in [0.5, 0.6) is 0 Å². The monoisotopic (exact) mass is 384 g/mol. The molecule has 0 saturated heterocycles. The molecule has 0 aliphatic heterocycles. The summed E-state index contributed by atoms with van der Waals surface area (Å²) in [5, 5.41) is 6.98. The van der Waals surface area contributed by atoms with Gasteiger partial charge in [0, 0.05) is 48.5 Å². The number of ketones is 2. The van der Waals surface area contributed by atoms with Crippen LogP contribution in [0.25, 0.3) is 0 Å². The van der Waals surface area contributed by atoms with E-state index in [4.69, 9.17) is 0 Å². The molecule has 28 heavy (non-hydrogen) atoms. The molecular formula is C24H36N2O2. The molecule has 2 N–H and O–H groups in total. The molecule has 4 atom stereocenters. The van der Waals surface area contributed by atoms with E-state index in [0.29, 0.717) is 46.1 Å². The van der Waals surface area contributed by atoms with Crippen LogP contribution in [-0.2, 0) is 9.59 Å². The Bertz CT molecular complexity index is 720. The van der Waals surface area contributed by atoms with E-state index < -0.39 is 0 Å². The highest BCUT2D eigenvalue weighted by molar-refractivity contribution is 6.01. The maximum atomic E-state index is 12.2. The summed E-state index contributed by atoms with van der Waals surface area (Å²) in [6, 6.07) is 0. The van der Waals surface area contributed by atoms with Gasteiger partial charge in [0.1, 0.15) is 0 Å². The van der Waals surface area contributed by atoms with E-state index in [1.54, 1.807) is 0 Å². The predicted octanol–water partition coefficient (Wildman–Crippen LogP) is 3.98. The largest absolute Gasteiger partial charge is 0.388 e. The highest BCUT2D eigenvalue weighted by Gasteiger charge is 2.66. The van der Waals surface area contributed by atoms with Crippen molar-refractivity contribution in [3.63, 3.8) is 0 Å². The van der Waals surface area contributed by atoms with Gasteiger partial charge in [0.05, 0.1) is 0 Å². The molecule has 0 radical (unpaired) electrons. The molecule has 4 heteroatoms. The summed E-state index contributed by atoms with van der Waals surface area (Å²) in [5.41, 5.74) is 4.94. The number of rotatable bonds is 7. The van der Waals surface area contributed by atoms with Gasteiger partial charge in [-0.2, -0.15) is 0 Å². The molecule has 0 bridgehead atoms. The molecule has 4 nitrogen and oxygen atoms in total. The normalized spacial score (nSPS) is 37.4. The minimum Gasteiger partial charge on any atom is -0.388 e. The molecule has 0 heterocycles. The quantitative estimate of drug-likeness (QED) is 0.515. The Labute approximate surface area is 169 Å². The second kappa shape index (κ2) is 6.47. The Morgan fingerprint density at radius 3 is 1.46 bits per heavy atom. The third-order valence-corrected chi connectivity index (χ3v) is 8.33. The van der Waals surface area contributed by atoms with Gasteiger partial charge in [-0.1, -0.05) is 27.7 Å². The number of unbranched alkanes of at least 4 members (excludes halogenated alkanes) is 1. The number of allylic oxidation sites excluding steroid dienone is 4. The van der Waals surface area contributed by atoms with Gasteiger partial charge in [-0.25, -0.2) is 0 Å². The highest BCUT2D eigenvalue weighted by atomic mass is 16.1. The van der Waals surface area contributed by atoms with Crippen LogP contribution in [0.1, 0.15) is 67.2 Å². The van der Waals surface area contributed by atoms with Crippen LogP contribution >= 0.6 is 0 Å². The molecule has 0 aromatic carbocycles. The Kier molecular flexibility index (Phi) is 4.55. The zero-order valence-corrected chi connectivity index (χ0v) is 18.4. The third-order valence-electron chi connectivity index (χ3n) is 8.33. The van der Waals surface area contributed by atoms with Gasteiger partial charge in [0.2, 0.25) is 0 Å². The fourth-order valence-electron chi connectivity index (χ4n) is 6.24. The standard InChI is InChI=1S/C24H36N2O2/c1-13(19-17(27)11-15-21(19)23(15,3)4)25-9-7-8-10-26-14(2)20-18(28)12-16-22(20)24(16,5)6/h15-16,21-22,25-26H,7-12H2,1-6H3/t15-,16-,21-,22-/m1/s1. The van der Waals surface area contributed by atoms with Crippen LogP contribution in [0, 0.1) is 34.5 Å². The Morgan fingerprint density at radius 2 is 1.14 bits per heavy atom. The number of hydrogen-bond donors (Lipinski definition) is 2. The van der Waals surface area contributed by atoms with Crippen molar-refractivity contribution in [3.8, 4) is 0 Å². The molecule has 4 saturated carbocycles. The van der Waals surface area contributed by atoms with Gasteiger partial charge in [-0.3, -0.25) is 9.59 Å². The zero-order valence-electron chi connectivity index (χ0n) is 18.4. The Balaban J connectivity index is 1.21. The minimum absolute atomic E-state index is 0.313. The molecule has 4 rings (SSSR count). The second-order valence-electron chi connectivity index (χ2n) is 10.7. The minimum atomic E-state index is 0.313. The summed E-state index contributed by atoms with van der Waals surface area (Å²) < 4.78 is 0. The number of carbonyl (C=O) groups is 2. The molecule has 0 aromatic heterocycles. The molecular weight excluding hydrogens is 348 g/mol. The number of nitrogens with one attached hydrogen (secondary N) is 2. The average molecular weight is 385 g/mol. The van der Waals surface area contributed by atoms with E-state index in [-0.39, 0.29) is 0 Å². The lowest BCUT2D eigenvalue weighted by molar-refractivity contribution is -0.116. The van der Waals surface area contributed by atoms with Gasteiger partial charge in [0.25, 0.3) is 0 Å². The summed E-state index contributed by atoms with van der Waals surface area (Å²) in [6.45, 7) is 15.1. The fraction of sp³-hybridized carbons (Fsp3) is 0.750. The van der Waals surface area contributed by atoms with Crippen molar-refractivity contribution in [2.45, 2.75) is 67.2 Å². The number of hydrogen-bond acceptors (Lipinski definition) is 4. The third kappa shape index (κ3) is 2.95. The molecule has 4 fully saturated rings. The van der Waals surface area contributed by atoms with Crippen LogP contribution in [0.15, 0.2) is 22.5 Å². The van der Waals surface area contributed by atoms with E-state index in [1.165, 1.54) is 0 Å². The van der Waals surface area contributed by atoms with Crippen molar-refractivity contribution in [2.24, 2.45) is 34.5 Å². The fourth-order valence-corrected chi connectivity index (χ4v) is 6.24. The summed E-state index contributed by atoms with van der Waals surface area (Å²) >= 11 is 0. The molecule has 0 spiro atoms. The molecule has 4 aliphatic rings. The van der Waals surface area contributed by atoms with E-state index in [1.807, 2.05) is 0 Å². The summed E-state index contributed by atoms with van der Waals surface area (Å²) in [5.74, 6) is 2.80. The van der Waals surface area contributed by atoms with Crippen molar-refractivity contribution in [3.05, 3.63) is 22.5 Å². The van der Waals surface area contributed by atoms with E-state index >= 15 is 0 Å². The van der Waals surface area contributed by atoms with Crippen molar-refractivity contribution in [1.29, 1.82) is 0 Å². The smallest absolute Gasteiger partial charge is 0.161 e. The Hall–Kier alpha value is -1.58. The number of Topliss-reactive ketones (excluding diaryl/α,β-unsaturated/α-hetero) is 2. The molecule has 154 valence electrons. The average Bonchev–Trinajstić information content (AvgIpc) is 3.14. The van der Waals surface area contributed by atoms with Crippen molar-refractivity contribution < 1.29 is 9.59 Å². The van der Waals surface area contributed by atoms with Gasteiger partial charge < -0.3 is 10.6 Å². The van der Waals surface area contributed by atoms with Gasteiger partial charge >= 0.3 is 0 Å². The van der Waals surface area contributed by atoms with Crippen LogP contribution < -0.4 is 10.6 Å². The zero-order chi connectivity index (χ0) is 20.4. The van der Waals surface area contributed by atoms with Crippen LogP contribution in [-0.4, -0.2) is 24.7 Å². The van der Waals surface area contributed by atoms with Gasteiger partial charge in [-0.15, -0.1) is 0 Å². The predicted molar refractivity (Wildman–Crippen MR) is 111 cm³/mol. The first-order chi connectivity index (χ1) is 13.1. The summed E-state index contributed by atoms with van der Waals surface area (Å²) in [4.78, 5) is 24.5. The maximum Gasteiger partial charge on any atom is 0.161 e. The molecule has 4 aliphatic carbocycles. The van der Waals surface area contributed by atoms with Crippen molar-refractivity contribution in [1.82, 2.24) is 10.6 Å². The molecule has 0 amide bonds. The SMILES string of the molecule is CC(NCCCCNC(C)=C1C(=O)C[C@@H]2[C@H]1C2(C)C)=C1C(=O)C[C@@H]2[C@H]1C2(C)C. The van der Waals surface area contributed by atoms with E-state index in [2.05, 4.69) is 52.2 Å². The van der Waals surface area contributed by atoms with E-state index in [9.17, 15) is 9.59 Å². The lowest BCUT2D eigenvalue weighted by Gasteiger charge is -2.15. The molecule has 0 aromatic rings. The summed E-state index contributed by atoms with van der Waals surface area (Å²) in [7, 11) is 0. The first-order valence-electron chi connectivity index (χ1n) is 11.0. The second-order valence-corrected chi connectivity index (χ2v) is 10.7. The van der Waals surface area contributed by atoms with E-state index in [0.717, 1.165) is 61.3 Å². The number of carbonyl (C=O) groups excluding carboxylic acids is 2.